The van der Waals surface area contributed by atoms with Crippen LogP contribution in [-0.2, 0) is 4.79 Å². The Morgan fingerprint density at radius 1 is 1.47 bits per heavy atom. The fourth-order valence-corrected chi connectivity index (χ4v) is 2.00. The van der Waals surface area contributed by atoms with E-state index in [-0.39, 0.29) is 18.6 Å². The average Bonchev–Trinajstić information content (AvgIpc) is 2.36. The third-order valence-corrected chi connectivity index (χ3v) is 3.17. The number of piperazine rings is 1. The largest absolute Gasteiger partial charge is 0.395 e. The summed E-state index contributed by atoms with van der Waals surface area (Å²) in [5, 5.41) is 11.7. The van der Waals surface area contributed by atoms with Gasteiger partial charge in [-0.3, -0.25) is 14.6 Å². The molecular formula is C12H23N3O2. The van der Waals surface area contributed by atoms with E-state index in [0.29, 0.717) is 6.54 Å². The van der Waals surface area contributed by atoms with Gasteiger partial charge in [0.2, 0.25) is 5.91 Å². The maximum Gasteiger partial charge on any atom is 0.237 e. The van der Waals surface area contributed by atoms with Gasteiger partial charge in [-0.2, -0.15) is 0 Å². The van der Waals surface area contributed by atoms with E-state index in [9.17, 15) is 4.79 Å². The van der Waals surface area contributed by atoms with Crippen molar-refractivity contribution in [3.63, 3.8) is 0 Å². The van der Waals surface area contributed by atoms with Crippen molar-refractivity contribution >= 4 is 5.91 Å². The normalized spacial score (nSPS) is 19.9. The quantitative estimate of drug-likeness (QED) is 0.603. The van der Waals surface area contributed by atoms with Gasteiger partial charge in [0.15, 0.2) is 0 Å². The van der Waals surface area contributed by atoms with Crippen molar-refractivity contribution in [3.8, 4) is 0 Å². The van der Waals surface area contributed by atoms with E-state index in [4.69, 9.17) is 5.11 Å². The molecule has 98 valence electrons. The van der Waals surface area contributed by atoms with Crippen molar-refractivity contribution in [1.82, 2.24) is 15.1 Å². The zero-order valence-electron chi connectivity index (χ0n) is 10.6. The van der Waals surface area contributed by atoms with Crippen LogP contribution in [-0.4, -0.2) is 72.7 Å². The summed E-state index contributed by atoms with van der Waals surface area (Å²) in [4.78, 5) is 16.1. The lowest BCUT2D eigenvalue weighted by molar-refractivity contribution is -0.126. The Kier molecular flexibility index (Phi) is 6.18. The Balaban J connectivity index is 2.32. The van der Waals surface area contributed by atoms with E-state index < -0.39 is 0 Å². The molecular weight excluding hydrogens is 218 g/mol. The number of amides is 1. The third kappa shape index (κ3) is 4.46. The topological polar surface area (TPSA) is 55.8 Å². The zero-order chi connectivity index (χ0) is 12.7. The minimum absolute atomic E-state index is 0.0560. The number of rotatable bonds is 6. The van der Waals surface area contributed by atoms with Crippen molar-refractivity contribution in [2.24, 2.45) is 0 Å². The molecule has 0 spiro atoms. The molecule has 0 aromatic carbocycles. The fourth-order valence-electron chi connectivity index (χ4n) is 2.00. The van der Waals surface area contributed by atoms with Crippen LogP contribution in [0.5, 0.6) is 0 Å². The van der Waals surface area contributed by atoms with Crippen LogP contribution in [0.3, 0.4) is 0 Å². The van der Waals surface area contributed by atoms with Gasteiger partial charge in [-0.25, -0.2) is 0 Å². The number of aliphatic hydroxyl groups is 1. The molecule has 2 N–H and O–H groups in total. The number of hydrogen-bond acceptors (Lipinski definition) is 4. The third-order valence-electron chi connectivity index (χ3n) is 3.17. The predicted molar refractivity (Wildman–Crippen MR) is 67.8 cm³/mol. The van der Waals surface area contributed by atoms with Gasteiger partial charge >= 0.3 is 0 Å². The van der Waals surface area contributed by atoms with Gasteiger partial charge in [0.25, 0.3) is 0 Å². The van der Waals surface area contributed by atoms with Crippen molar-refractivity contribution in [3.05, 3.63) is 12.7 Å². The van der Waals surface area contributed by atoms with E-state index in [1.165, 1.54) is 0 Å². The Morgan fingerprint density at radius 2 is 2.12 bits per heavy atom. The maximum atomic E-state index is 11.8. The molecule has 5 heteroatoms. The highest BCUT2D eigenvalue weighted by molar-refractivity contribution is 5.81. The highest BCUT2D eigenvalue weighted by Gasteiger charge is 2.24. The minimum atomic E-state index is -0.0915. The summed E-state index contributed by atoms with van der Waals surface area (Å²) >= 11 is 0. The smallest absolute Gasteiger partial charge is 0.237 e. The van der Waals surface area contributed by atoms with E-state index >= 15 is 0 Å². The molecule has 1 atom stereocenters. The monoisotopic (exact) mass is 241 g/mol. The van der Waals surface area contributed by atoms with Crippen molar-refractivity contribution in [2.45, 2.75) is 13.0 Å². The maximum absolute atomic E-state index is 11.8. The molecule has 0 aromatic rings. The van der Waals surface area contributed by atoms with E-state index in [1.807, 2.05) is 6.92 Å². The van der Waals surface area contributed by atoms with Crippen LogP contribution in [0, 0.1) is 0 Å². The Bertz CT molecular complexity index is 250. The second-order valence-electron chi connectivity index (χ2n) is 4.31. The molecule has 1 fully saturated rings. The summed E-state index contributed by atoms with van der Waals surface area (Å²) in [6, 6.07) is -0.0915. The minimum Gasteiger partial charge on any atom is -0.395 e. The van der Waals surface area contributed by atoms with Gasteiger partial charge in [-0.05, 0) is 6.92 Å². The molecule has 0 aromatic heterocycles. The second kappa shape index (κ2) is 7.42. The molecule has 1 aliphatic rings. The first-order valence-electron chi connectivity index (χ1n) is 6.15. The molecule has 5 nitrogen and oxygen atoms in total. The molecule has 0 bridgehead atoms. The van der Waals surface area contributed by atoms with Crippen LogP contribution < -0.4 is 5.32 Å². The molecule has 1 saturated heterocycles. The fraction of sp³-hybridized carbons (Fsp3) is 0.750. The number of nitrogens with one attached hydrogen (secondary N) is 1. The lowest BCUT2D eigenvalue weighted by Crippen LogP contribution is -2.54. The SMILES string of the molecule is C=CCNC(=O)C(C)N1CCN(CCO)CC1. The number of carbonyl (C=O) groups is 1. The first-order chi connectivity index (χ1) is 8.19. The van der Waals surface area contributed by atoms with Crippen LogP contribution in [0.25, 0.3) is 0 Å². The summed E-state index contributed by atoms with van der Waals surface area (Å²) in [5.74, 6) is 0.0560. The Morgan fingerprint density at radius 3 is 2.65 bits per heavy atom. The number of aliphatic hydroxyl groups excluding tert-OH is 1. The van der Waals surface area contributed by atoms with E-state index in [1.54, 1.807) is 6.08 Å². The molecule has 1 aliphatic heterocycles. The molecule has 0 saturated carbocycles. The van der Waals surface area contributed by atoms with Crippen molar-refractivity contribution in [2.75, 3.05) is 45.9 Å². The van der Waals surface area contributed by atoms with Gasteiger partial charge in [0.1, 0.15) is 0 Å². The molecule has 1 heterocycles. The molecule has 1 unspecified atom stereocenters. The Labute approximate surface area is 103 Å². The highest BCUT2D eigenvalue weighted by atomic mass is 16.3. The highest BCUT2D eigenvalue weighted by Crippen LogP contribution is 2.06. The zero-order valence-corrected chi connectivity index (χ0v) is 10.6. The second-order valence-corrected chi connectivity index (χ2v) is 4.31. The van der Waals surface area contributed by atoms with Crippen molar-refractivity contribution in [1.29, 1.82) is 0 Å². The standard InChI is InChI=1S/C12H23N3O2/c1-3-4-13-12(17)11(2)15-7-5-14(6-8-15)9-10-16/h3,11,16H,1,4-10H2,2H3,(H,13,17). The Hall–Kier alpha value is -0.910. The molecule has 17 heavy (non-hydrogen) atoms. The van der Waals surface area contributed by atoms with Crippen LogP contribution in [0.2, 0.25) is 0 Å². The van der Waals surface area contributed by atoms with Gasteiger partial charge in [0, 0.05) is 39.3 Å². The average molecular weight is 241 g/mol. The van der Waals surface area contributed by atoms with Crippen LogP contribution in [0.4, 0.5) is 0 Å². The number of β-amino-alcohol motifs (C(OH)–C–C–N with tert-alkyl or cyclic N) is 1. The molecule has 1 rings (SSSR count). The van der Waals surface area contributed by atoms with Gasteiger partial charge in [-0.1, -0.05) is 6.08 Å². The first kappa shape index (κ1) is 14.2. The van der Waals surface area contributed by atoms with Crippen LogP contribution in [0.15, 0.2) is 12.7 Å². The molecule has 0 aliphatic carbocycles. The summed E-state index contributed by atoms with van der Waals surface area (Å²) in [5.41, 5.74) is 0. The van der Waals surface area contributed by atoms with Gasteiger partial charge < -0.3 is 10.4 Å². The van der Waals surface area contributed by atoms with Crippen molar-refractivity contribution < 1.29 is 9.90 Å². The van der Waals surface area contributed by atoms with E-state index in [2.05, 4.69) is 21.7 Å². The first-order valence-corrected chi connectivity index (χ1v) is 6.15. The number of hydrogen-bond donors (Lipinski definition) is 2. The summed E-state index contributed by atoms with van der Waals surface area (Å²) in [7, 11) is 0. The van der Waals surface area contributed by atoms with Gasteiger partial charge in [-0.15, -0.1) is 6.58 Å². The summed E-state index contributed by atoms with van der Waals surface area (Å²) in [6.45, 7) is 10.5. The lowest BCUT2D eigenvalue weighted by atomic mass is 10.2. The summed E-state index contributed by atoms with van der Waals surface area (Å²) in [6.07, 6.45) is 1.68. The van der Waals surface area contributed by atoms with E-state index in [0.717, 1.165) is 32.7 Å². The lowest BCUT2D eigenvalue weighted by Gasteiger charge is -2.37. The summed E-state index contributed by atoms with van der Waals surface area (Å²) < 4.78 is 0. The van der Waals surface area contributed by atoms with Gasteiger partial charge in [0.05, 0.1) is 12.6 Å². The predicted octanol–water partition coefficient (Wildman–Crippen LogP) is -0.713. The molecule has 0 radical (unpaired) electrons. The molecule has 1 amide bonds. The number of nitrogens with zero attached hydrogens (tertiary/aromatic N) is 2. The number of carbonyl (C=O) groups excluding carboxylic acids is 1. The van der Waals surface area contributed by atoms with Crippen LogP contribution >= 0.6 is 0 Å². The van der Waals surface area contributed by atoms with Crippen LogP contribution in [0.1, 0.15) is 6.92 Å².